The highest BCUT2D eigenvalue weighted by Crippen LogP contribution is 2.42. The Morgan fingerprint density at radius 1 is 1.00 bits per heavy atom. The summed E-state index contributed by atoms with van der Waals surface area (Å²) in [6.45, 7) is 0. The molecule has 0 saturated carbocycles. The van der Waals surface area contributed by atoms with Gasteiger partial charge in [0.1, 0.15) is 5.16 Å². The third kappa shape index (κ3) is 2.79. The third-order valence-electron chi connectivity index (χ3n) is 4.78. The molecular weight excluding hydrogens is 370 g/mol. The van der Waals surface area contributed by atoms with Crippen LogP contribution in [-0.2, 0) is 7.05 Å². The van der Waals surface area contributed by atoms with E-state index in [1.165, 1.54) is 0 Å². The number of fused-ring (bicyclic) bond motifs is 2. The summed E-state index contributed by atoms with van der Waals surface area (Å²) in [5, 5.41) is 0.623. The Balaban J connectivity index is 1.65. The van der Waals surface area contributed by atoms with Crippen molar-refractivity contribution in [3.63, 3.8) is 0 Å². The second-order valence-corrected chi connectivity index (χ2v) is 7.00. The van der Waals surface area contributed by atoms with E-state index in [4.69, 9.17) is 16.0 Å². The number of oxazole rings is 1. The Kier molecular flexibility index (Phi) is 3.99. The summed E-state index contributed by atoms with van der Waals surface area (Å²) >= 11 is 6.70. The number of rotatable bonds is 2. The van der Waals surface area contributed by atoms with Crippen LogP contribution in [0.25, 0.3) is 22.9 Å². The fourth-order valence-electron chi connectivity index (χ4n) is 3.48. The summed E-state index contributed by atoms with van der Waals surface area (Å²) in [5.41, 5.74) is 5.63. The van der Waals surface area contributed by atoms with Gasteiger partial charge in [-0.3, -0.25) is 0 Å². The van der Waals surface area contributed by atoms with E-state index in [1.54, 1.807) is 0 Å². The molecule has 1 aliphatic heterocycles. The van der Waals surface area contributed by atoms with Crippen molar-refractivity contribution in [2.24, 2.45) is 7.05 Å². The number of hydrogen-bond acceptors (Lipinski definition) is 3. The van der Waals surface area contributed by atoms with Crippen LogP contribution in [0.3, 0.4) is 0 Å². The first kappa shape index (κ1) is 16.8. The Bertz CT molecular complexity index is 1240. The van der Waals surface area contributed by atoms with Crippen LogP contribution >= 0.6 is 11.6 Å². The predicted molar refractivity (Wildman–Crippen MR) is 112 cm³/mol. The molecule has 5 heteroatoms. The molecule has 0 unspecified atom stereocenters. The molecule has 0 fully saturated rings. The highest BCUT2D eigenvalue weighted by atomic mass is 35.5. The van der Waals surface area contributed by atoms with Crippen molar-refractivity contribution in [2.45, 2.75) is 0 Å². The molecule has 0 amide bonds. The number of aromatic nitrogens is 2. The molecule has 28 heavy (non-hydrogen) atoms. The first-order valence-corrected chi connectivity index (χ1v) is 9.37. The molecule has 0 N–H and O–H groups in total. The molecule has 4 aromatic rings. The molecule has 5 rings (SSSR count). The Morgan fingerprint density at radius 3 is 2.61 bits per heavy atom. The quantitative estimate of drug-likeness (QED) is 0.340. The van der Waals surface area contributed by atoms with Gasteiger partial charge in [-0.05, 0) is 42.0 Å². The fourth-order valence-corrected chi connectivity index (χ4v) is 3.79. The van der Waals surface area contributed by atoms with Crippen molar-refractivity contribution in [2.75, 3.05) is 4.90 Å². The highest BCUT2D eigenvalue weighted by molar-refractivity contribution is 6.33. The molecule has 1 aliphatic rings. The summed E-state index contributed by atoms with van der Waals surface area (Å²) in [7, 11) is 1.95. The average molecular weight is 387 g/mol. The number of para-hydroxylation sites is 2. The molecule has 0 radical (unpaired) electrons. The van der Waals surface area contributed by atoms with Crippen LogP contribution in [0.2, 0.25) is 0 Å². The van der Waals surface area contributed by atoms with Crippen molar-refractivity contribution in [3.05, 3.63) is 95.6 Å². The summed E-state index contributed by atoms with van der Waals surface area (Å²) in [5.74, 6) is 0.551. The molecule has 3 heterocycles. The predicted octanol–water partition coefficient (Wildman–Crippen LogP) is 5.42. The van der Waals surface area contributed by atoms with Gasteiger partial charge in [0.2, 0.25) is 5.58 Å². The van der Waals surface area contributed by atoms with E-state index >= 15 is 0 Å². The van der Waals surface area contributed by atoms with Gasteiger partial charge in [-0.1, -0.05) is 48.0 Å². The average Bonchev–Trinajstić information content (AvgIpc) is 3.13. The largest absolute Gasteiger partial charge is 0.411 e. The van der Waals surface area contributed by atoms with Crippen molar-refractivity contribution in [1.29, 1.82) is 0 Å². The minimum absolute atomic E-state index is 0.551. The van der Waals surface area contributed by atoms with Crippen molar-refractivity contribution in [1.82, 2.24) is 4.98 Å². The summed E-state index contributed by atoms with van der Waals surface area (Å²) in [4.78, 5) is 6.66. The molecule has 4 nitrogen and oxygen atoms in total. The molecule has 2 aromatic heterocycles. The number of nitrogens with zero attached hydrogens (tertiary/aromatic N) is 3. The van der Waals surface area contributed by atoms with E-state index in [0.29, 0.717) is 11.0 Å². The maximum absolute atomic E-state index is 6.70. The van der Waals surface area contributed by atoms with Gasteiger partial charge in [0, 0.05) is 22.3 Å². The first-order valence-electron chi connectivity index (χ1n) is 8.99. The van der Waals surface area contributed by atoms with E-state index in [0.717, 1.165) is 33.7 Å². The number of benzene rings is 2. The van der Waals surface area contributed by atoms with Gasteiger partial charge in [-0.15, -0.1) is 0 Å². The zero-order chi connectivity index (χ0) is 19.1. The van der Waals surface area contributed by atoms with Crippen LogP contribution in [0.1, 0.15) is 11.5 Å². The number of pyridine rings is 1. The smallest absolute Gasteiger partial charge is 0.370 e. The summed E-state index contributed by atoms with van der Waals surface area (Å²) < 4.78 is 7.86. The lowest BCUT2D eigenvalue weighted by atomic mass is 9.99. The zero-order valence-corrected chi connectivity index (χ0v) is 16.0. The molecular formula is C23H17ClN3O+. The molecule has 0 saturated heterocycles. The highest BCUT2D eigenvalue weighted by Gasteiger charge is 2.24. The first-order chi connectivity index (χ1) is 13.7. The van der Waals surface area contributed by atoms with E-state index in [1.807, 2.05) is 89.5 Å². The fraction of sp³-hybridized carbons (Fsp3) is 0.0435. The van der Waals surface area contributed by atoms with Gasteiger partial charge in [0.05, 0.1) is 18.9 Å². The summed E-state index contributed by atoms with van der Waals surface area (Å²) in [6.07, 6.45) is 5.83. The number of halogens is 1. The Hall–Kier alpha value is -3.37. The number of anilines is 2. The normalized spacial score (nSPS) is 15.0. The lowest BCUT2D eigenvalue weighted by Crippen LogP contribution is -2.28. The third-order valence-corrected chi connectivity index (χ3v) is 5.06. The SMILES string of the molecule is C[n+]1cccc2oc(/C=C3\C=C(Cl)N(c4ccccc4)c4ccccc43)nc21. The standard InChI is InChI=1S/C23H17ClN3O/c1-26-13-7-12-20-23(26)25-22(28-20)15-16-14-21(24)27(17-8-3-2-4-9-17)19-11-6-5-10-18(16)19/h2-15H,1H3/q+1. The number of hydrogen-bond donors (Lipinski definition) is 0. The van der Waals surface area contributed by atoms with Crippen LogP contribution in [0.4, 0.5) is 11.4 Å². The second-order valence-electron chi connectivity index (χ2n) is 6.61. The van der Waals surface area contributed by atoms with Crippen LogP contribution in [0, 0.1) is 0 Å². The van der Waals surface area contributed by atoms with E-state index in [2.05, 4.69) is 17.1 Å². The molecule has 0 atom stereocenters. The molecule has 0 spiro atoms. The molecule has 0 bridgehead atoms. The van der Waals surface area contributed by atoms with Crippen LogP contribution in [-0.4, -0.2) is 4.98 Å². The molecule has 0 aliphatic carbocycles. The van der Waals surface area contributed by atoms with Crippen LogP contribution < -0.4 is 9.47 Å². The van der Waals surface area contributed by atoms with Crippen LogP contribution in [0.5, 0.6) is 0 Å². The second kappa shape index (κ2) is 6.66. The minimum atomic E-state index is 0.551. The number of allylic oxidation sites excluding steroid dienone is 2. The van der Waals surface area contributed by atoms with E-state index in [-0.39, 0.29) is 0 Å². The van der Waals surface area contributed by atoms with E-state index < -0.39 is 0 Å². The van der Waals surface area contributed by atoms with Crippen molar-refractivity contribution >= 4 is 45.9 Å². The van der Waals surface area contributed by atoms with Gasteiger partial charge < -0.3 is 9.32 Å². The maximum atomic E-state index is 6.70. The molecule has 136 valence electrons. The van der Waals surface area contributed by atoms with Gasteiger partial charge >= 0.3 is 11.5 Å². The van der Waals surface area contributed by atoms with Gasteiger partial charge in [0.15, 0.2) is 0 Å². The van der Waals surface area contributed by atoms with Crippen molar-refractivity contribution in [3.8, 4) is 0 Å². The lowest BCUT2D eigenvalue weighted by Gasteiger charge is -2.30. The van der Waals surface area contributed by atoms with Gasteiger partial charge in [0.25, 0.3) is 0 Å². The molecule has 2 aromatic carbocycles. The summed E-state index contributed by atoms with van der Waals surface area (Å²) in [6, 6.07) is 22.1. The van der Waals surface area contributed by atoms with Crippen molar-refractivity contribution < 1.29 is 8.98 Å². The van der Waals surface area contributed by atoms with E-state index in [9.17, 15) is 0 Å². The monoisotopic (exact) mass is 386 g/mol. The minimum Gasteiger partial charge on any atom is -0.411 e. The van der Waals surface area contributed by atoms with Crippen LogP contribution in [0.15, 0.2) is 88.6 Å². The Morgan fingerprint density at radius 2 is 1.79 bits per heavy atom. The van der Waals surface area contributed by atoms with Gasteiger partial charge in [-0.25, -0.2) is 4.57 Å². The topological polar surface area (TPSA) is 33.1 Å². The van der Waals surface area contributed by atoms with Gasteiger partial charge in [-0.2, -0.15) is 0 Å². The maximum Gasteiger partial charge on any atom is 0.370 e. The zero-order valence-electron chi connectivity index (χ0n) is 15.2. The Labute approximate surface area is 167 Å². The number of aryl methyl sites for hydroxylation is 1. The lowest BCUT2D eigenvalue weighted by molar-refractivity contribution is -0.646.